The van der Waals surface area contributed by atoms with Crippen LogP contribution in [-0.2, 0) is 4.74 Å². The van der Waals surface area contributed by atoms with Crippen molar-refractivity contribution in [2.45, 2.75) is 19.8 Å². The molecule has 1 aliphatic heterocycles. The first kappa shape index (κ1) is 14.0. The molecule has 0 spiro atoms. The summed E-state index contributed by atoms with van der Waals surface area (Å²) in [5.74, 6) is 2.13. The summed E-state index contributed by atoms with van der Waals surface area (Å²) in [6, 6.07) is 4.00. The Morgan fingerprint density at radius 2 is 2.00 bits per heavy atom. The average molecular weight is 265 g/mol. The first-order valence-electron chi connectivity index (χ1n) is 6.79. The Hall–Kier alpha value is -1.42. The number of hydrogen-bond donors (Lipinski definition) is 1. The van der Waals surface area contributed by atoms with Crippen LogP contribution in [0.2, 0.25) is 0 Å². The Morgan fingerprint density at radius 3 is 2.63 bits per heavy atom. The van der Waals surface area contributed by atoms with Gasteiger partial charge in [-0.05, 0) is 37.3 Å². The minimum atomic E-state index is 0.598. The Balaban J connectivity index is 2.02. The highest BCUT2D eigenvalue weighted by Gasteiger charge is 2.14. The fourth-order valence-corrected chi connectivity index (χ4v) is 2.39. The predicted octanol–water partition coefficient (Wildman–Crippen LogP) is 2.85. The van der Waals surface area contributed by atoms with Gasteiger partial charge in [-0.15, -0.1) is 0 Å². The molecule has 0 bridgehead atoms. The normalized spacial score (nSPS) is 19.0. The zero-order valence-corrected chi connectivity index (χ0v) is 12.0. The SMILES string of the molecule is COc1cc(C)c(NCC2CCCOC2)cc1OC. The molecule has 0 amide bonds. The van der Waals surface area contributed by atoms with Crippen LogP contribution in [0.3, 0.4) is 0 Å². The molecule has 106 valence electrons. The van der Waals surface area contributed by atoms with Crippen LogP contribution in [0.5, 0.6) is 11.5 Å². The van der Waals surface area contributed by atoms with Gasteiger partial charge >= 0.3 is 0 Å². The molecule has 0 aliphatic carbocycles. The number of aryl methyl sites for hydroxylation is 1. The molecule has 2 rings (SSSR count). The second-order valence-corrected chi connectivity index (χ2v) is 4.99. The molecule has 1 saturated heterocycles. The third kappa shape index (κ3) is 3.53. The second-order valence-electron chi connectivity index (χ2n) is 4.99. The van der Waals surface area contributed by atoms with Crippen molar-refractivity contribution in [3.8, 4) is 11.5 Å². The van der Waals surface area contributed by atoms with Gasteiger partial charge in [0.15, 0.2) is 11.5 Å². The predicted molar refractivity (Wildman–Crippen MR) is 76.3 cm³/mol. The van der Waals surface area contributed by atoms with E-state index in [0.717, 1.165) is 48.9 Å². The highest BCUT2D eigenvalue weighted by atomic mass is 16.5. The number of rotatable bonds is 5. The number of hydrogen-bond acceptors (Lipinski definition) is 4. The maximum Gasteiger partial charge on any atom is 0.162 e. The van der Waals surface area contributed by atoms with Gasteiger partial charge in [-0.3, -0.25) is 0 Å². The van der Waals surface area contributed by atoms with Crippen molar-refractivity contribution in [2.24, 2.45) is 5.92 Å². The zero-order valence-electron chi connectivity index (χ0n) is 12.0. The molecular formula is C15H23NO3. The molecule has 1 atom stereocenters. The van der Waals surface area contributed by atoms with Gasteiger partial charge in [0, 0.05) is 24.9 Å². The number of ether oxygens (including phenoxy) is 3. The number of nitrogens with one attached hydrogen (secondary N) is 1. The smallest absolute Gasteiger partial charge is 0.162 e. The van der Waals surface area contributed by atoms with E-state index in [2.05, 4.69) is 12.2 Å². The van der Waals surface area contributed by atoms with E-state index in [1.54, 1.807) is 14.2 Å². The van der Waals surface area contributed by atoms with Crippen LogP contribution in [0.4, 0.5) is 5.69 Å². The van der Waals surface area contributed by atoms with Crippen molar-refractivity contribution in [3.05, 3.63) is 17.7 Å². The Morgan fingerprint density at radius 1 is 1.26 bits per heavy atom. The van der Waals surface area contributed by atoms with Crippen molar-refractivity contribution < 1.29 is 14.2 Å². The average Bonchev–Trinajstić information content (AvgIpc) is 2.46. The van der Waals surface area contributed by atoms with Crippen molar-refractivity contribution >= 4 is 5.69 Å². The van der Waals surface area contributed by atoms with Gasteiger partial charge < -0.3 is 19.5 Å². The van der Waals surface area contributed by atoms with Crippen molar-refractivity contribution in [2.75, 3.05) is 39.3 Å². The molecule has 4 heteroatoms. The first-order chi connectivity index (χ1) is 9.24. The lowest BCUT2D eigenvalue weighted by Crippen LogP contribution is -2.24. The lowest BCUT2D eigenvalue weighted by Gasteiger charge is -2.23. The van der Waals surface area contributed by atoms with Gasteiger partial charge in [-0.1, -0.05) is 0 Å². The molecule has 1 aromatic carbocycles. The standard InChI is InChI=1S/C15H23NO3/c1-11-7-14(17-2)15(18-3)8-13(11)16-9-12-5-4-6-19-10-12/h7-8,12,16H,4-6,9-10H2,1-3H3. The molecule has 1 aliphatic rings. The van der Waals surface area contributed by atoms with E-state index >= 15 is 0 Å². The van der Waals surface area contributed by atoms with Crippen molar-refractivity contribution in [1.82, 2.24) is 0 Å². The van der Waals surface area contributed by atoms with E-state index in [-0.39, 0.29) is 0 Å². The molecule has 19 heavy (non-hydrogen) atoms. The number of benzene rings is 1. The zero-order chi connectivity index (χ0) is 13.7. The highest BCUT2D eigenvalue weighted by molar-refractivity contribution is 5.60. The molecule has 0 saturated carbocycles. The Bertz CT molecular complexity index is 414. The van der Waals surface area contributed by atoms with Crippen molar-refractivity contribution in [3.63, 3.8) is 0 Å². The molecule has 1 N–H and O–H groups in total. The first-order valence-corrected chi connectivity index (χ1v) is 6.79. The summed E-state index contributed by atoms with van der Waals surface area (Å²) in [7, 11) is 3.32. The van der Waals surface area contributed by atoms with E-state index in [1.165, 1.54) is 6.42 Å². The van der Waals surface area contributed by atoms with E-state index in [1.807, 2.05) is 12.1 Å². The summed E-state index contributed by atoms with van der Waals surface area (Å²) in [5.41, 5.74) is 2.26. The summed E-state index contributed by atoms with van der Waals surface area (Å²) >= 11 is 0. The third-order valence-electron chi connectivity index (χ3n) is 3.57. The Kier molecular flexibility index (Phi) is 4.91. The monoisotopic (exact) mass is 265 g/mol. The van der Waals surface area contributed by atoms with Crippen LogP contribution in [0.15, 0.2) is 12.1 Å². The minimum absolute atomic E-state index is 0.598. The number of methoxy groups -OCH3 is 2. The lowest BCUT2D eigenvalue weighted by atomic mass is 10.0. The summed E-state index contributed by atoms with van der Waals surface area (Å²) in [5, 5.41) is 3.49. The Labute approximate surface area is 115 Å². The van der Waals surface area contributed by atoms with E-state index in [4.69, 9.17) is 14.2 Å². The summed E-state index contributed by atoms with van der Waals surface area (Å²) in [4.78, 5) is 0. The summed E-state index contributed by atoms with van der Waals surface area (Å²) < 4.78 is 16.1. The molecule has 1 aromatic rings. The van der Waals surface area contributed by atoms with E-state index in [0.29, 0.717) is 5.92 Å². The third-order valence-corrected chi connectivity index (χ3v) is 3.57. The van der Waals surface area contributed by atoms with Crippen LogP contribution in [0, 0.1) is 12.8 Å². The van der Waals surface area contributed by atoms with Gasteiger partial charge in [0.1, 0.15) is 0 Å². The molecule has 0 aromatic heterocycles. The maximum atomic E-state index is 5.50. The quantitative estimate of drug-likeness (QED) is 0.888. The molecule has 0 radical (unpaired) electrons. The topological polar surface area (TPSA) is 39.7 Å². The summed E-state index contributed by atoms with van der Waals surface area (Å²) in [6.45, 7) is 4.78. The maximum absolute atomic E-state index is 5.50. The fourth-order valence-electron chi connectivity index (χ4n) is 2.39. The van der Waals surface area contributed by atoms with Crippen molar-refractivity contribution in [1.29, 1.82) is 0 Å². The van der Waals surface area contributed by atoms with Gasteiger partial charge in [0.2, 0.25) is 0 Å². The van der Waals surface area contributed by atoms with Gasteiger partial charge in [-0.25, -0.2) is 0 Å². The molecule has 1 unspecified atom stereocenters. The van der Waals surface area contributed by atoms with Crippen LogP contribution >= 0.6 is 0 Å². The molecule has 4 nitrogen and oxygen atoms in total. The van der Waals surface area contributed by atoms with Gasteiger partial charge in [0.05, 0.1) is 20.8 Å². The number of anilines is 1. The largest absolute Gasteiger partial charge is 0.493 e. The van der Waals surface area contributed by atoms with Crippen LogP contribution < -0.4 is 14.8 Å². The minimum Gasteiger partial charge on any atom is -0.493 e. The van der Waals surface area contributed by atoms with Crippen LogP contribution in [0.25, 0.3) is 0 Å². The van der Waals surface area contributed by atoms with Crippen LogP contribution in [-0.4, -0.2) is 34.0 Å². The molecule has 1 fully saturated rings. The summed E-state index contributed by atoms with van der Waals surface area (Å²) in [6.07, 6.45) is 2.40. The highest BCUT2D eigenvalue weighted by Crippen LogP contribution is 2.33. The molecular weight excluding hydrogens is 242 g/mol. The molecule has 1 heterocycles. The van der Waals surface area contributed by atoms with E-state index < -0.39 is 0 Å². The van der Waals surface area contributed by atoms with Gasteiger partial charge in [-0.2, -0.15) is 0 Å². The fraction of sp³-hybridized carbons (Fsp3) is 0.600. The second kappa shape index (κ2) is 6.66. The lowest BCUT2D eigenvalue weighted by molar-refractivity contribution is 0.0595. The van der Waals surface area contributed by atoms with E-state index in [9.17, 15) is 0 Å². The van der Waals surface area contributed by atoms with Gasteiger partial charge in [0.25, 0.3) is 0 Å². The van der Waals surface area contributed by atoms with Crippen LogP contribution in [0.1, 0.15) is 18.4 Å².